The summed E-state index contributed by atoms with van der Waals surface area (Å²) in [6, 6.07) is 4.07. The number of hydrogen-bond acceptors (Lipinski definition) is 3. The fourth-order valence-electron chi connectivity index (χ4n) is 2.00. The summed E-state index contributed by atoms with van der Waals surface area (Å²) in [4.78, 5) is 0. The predicted octanol–water partition coefficient (Wildman–Crippen LogP) is 2.86. The molecule has 1 heterocycles. The summed E-state index contributed by atoms with van der Waals surface area (Å²) in [6.45, 7) is 2.59. The molecule has 102 valence electrons. The Bertz CT molecular complexity index is 564. The van der Waals surface area contributed by atoms with Crippen molar-refractivity contribution in [3.05, 3.63) is 45.9 Å². The van der Waals surface area contributed by atoms with Crippen LogP contribution in [0.25, 0.3) is 0 Å². The zero-order valence-electron chi connectivity index (χ0n) is 10.7. The molecule has 2 rings (SSSR count). The van der Waals surface area contributed by atoms with Gasteiger partial charge in [-0.3, -0.25) is 4.68 Å². The Morgan fingerprint density at radius 2 is 2.26 bits per heavy atom. The third kappa shape index (κ3) is 2.64. The van der Waals surface area contributed by atoms with Crippen LogP contribution in [0.15, 0.2) is 28.9 Å². The second-order valence-electron chi connectivity index (χ2n) is 4.06. The van der Waals surface area contributed by atoms with Gasteiger partial charge in [0.05, 0.1) is 19.3 Å². The van der Waals surface area contributed by atoms with E-state index in [0.29, 0.717) is 23.6 Å². The summed E-state index contributed by atoms with van der Waals surface area (Å²) >= 11 is 3.32. The molecule has 0 bridgehead atoms. The molecular weight excluding hydrogens is 313 g/mol. The topological polar surface area (TPSA) is 53.1 Å². The number of halogens is 2. The Labute approximate surface area is 119 Å². The number of nitrogens with zero attached hydrogens (tertiary/aromatic N) is 2. The molecule has 0 radical (unpaired) electrons. The number of aryl methyl sites for hydroxylation is 1. The van der Waals surface area contributed by atoms with E-state index >= 15 is 0 Å². The Morgan fingerprint density at radius 3 is 2.89 bits per heavy atom. The average molecular weight is 328 g/mol. The predicted molar refractivity (Wildman–Crippen MR) is 74.6 cm³/mol. The lowest BCUT2D eigenvalue weighted by atomic mass is 10.0. The van der Waals surface area contributed by atoms with E-state index < -0.39 is 6.04 Å². The summed E-state index contributed by atoms with van der Waals surface area (Å²) in [5.41, 5.74) is 7.26. The van der Waals surface area contributed by atoms with E-state index in [1.165, 1.54) is 6.07 Å². The molecule has 1 aromatic carbocycles. The van der Waals surface area contributed by atoms with Crippen molar-refractivity contribution in [3.8, 4) is 5.75 Å². The van der Waals surface area contributed by atoms with Crippen LogP contribution < -0.4 is 10.5 Å². The Kier molecular flexibility index (Phi) is 4.21. The summed E-state index contributed by atoms with van der Waals surface area (Å²) in [6.07, 6.45) is 1.59. The number of rotatable bonds is 4. The summed E-state index contributed by atoms with van der Waals surface area (Å²) in [5, 5.41) is 4.18. The van der Waals surface area contributed by atoms with Gasteiger partial charge in [0.1, 0.15) is 11.5 Å². The van der Waals surface area contributed by atoms with E-state index in [2.05, 4.69) is 21.0 Å². The maximum absolute atomic E-state index is 13.9. The maximum atomic E-state index is 13.9. The molecule has 1 atom stereocenters. The Morgan fingerprint density at radius 1 is 1.53 bits per heavy atom. The molecule has 2 N–H and O–H groups in total. The number of hydrogen-bond donors (Lipinski definition) is 1. The van der Waals surface area contributed by atoms with Crippen LogP contribution in [0.4, 0.5) is 4.39 Å². The second kappa shape index (κ2) is 5.71. The maximum Gasteiger partial charge on any atom is 0.161 e. The normalized spacial score (nSPS) is 12.5. The molecule has 0 saturated heterocycles. The van der Waals surface area contributed by atoms with Gasteiger partial charge in [-0.15, -0.1) is 0 Å². The van der Waals surface area contributed by atoms with Crippen LogP contribution >= 0.6 is 15.9 Å². The van der Waals surface area contributed by atoms with Crippen LogP contribution in [0.3, 0.4) is 0 Å². The molecule has 0 aliphatic heterocycles. The van der Waals surface area contributed by atoms with Crippen molar-refractivity contribution in [3.63, 3.8) is 0 Å². The molecule has 0 amide bonds. The van der Waals surface area contributed by atoms with Crippen molar-refractivity contribution in [1.29, 1.82) is 0 Å². The minimum absolute atomic E-state index is 0.346. The lowest BCUT2D eigenvalue weighted by molar-refractivity contribution is 0.404. The van der Waals surface area contributed by atoms with Crippen molar-refractivity contribution in [1.82, 2.24) is 9.78 Å². The molecular formula is C13H15BrFN3O. The SMILES string of the molecule is CCn1ncc(OC)c1C(N)c1cc(Br)ccc1F. The van der Waals surface area contributed by atoms with Gasteiger partial charge in [-0.25, -0.2) is 4.39 Å². The van der Waals surface area contributed by atoms with E-state index in [4.69, 9.17) is 10.5 Å². The highest BCUT2D eigenvalue weighted by Gasteiger charge is 2.22. The van der Waals surface area contributed by atoms with Crippen molar-refractivity contribution >= 4 is 15.9 Å². The lowest BCUT2D eigenvalue weighted by Crippen LogP contribution is -2.19. The molecule has 4 nitrogen and oxygen atoms in total. The summed E-state index contributed by atoms with van der Waals surface area (Å²) in [5.74, 6) is 0.218. The molecule has 1 unspecified atom stereocenters. The monoisotopic (exact) mass is 327 g/mol. The van der Waals surface area contributed by atoms with Crippen LogP contribution in [0.1, 0.15) is 24.2 Å². The first kappa shape index (κ1) is 14.0. The van der Waals surface area contributed by atoms with Crippen molar-refractivity contribution in [2.24, 2.45) is 5.73 Å². The molecule has 0 aliphatic rings. The van der Waals surface area contributed by atoms with Crippen LogP contribution in [0.2, 0.25) is 0 Å². The molecule has 0 saturated carbocycles. The van der Waals surface area contributed by atoms with Crippen LogP contribution in [0, 0.1) is 5.82 Å². The summed E-state index contributed by atoms with van der Waals surface area (Å²) < 4.78 is 21.6. The van der Waals surface area contributed by atoms with Crippen molar-refractivity contribution < 1.29 is 9.13 Å². The lowest BCUT2D eigenvalue weighted by Gasteiger charge is -2.16. The fraction of sp³-hybridized carbons (Fsp3) is 0.308. The second-order valence-corrected chi connectivity index (χ2v) is 4.97. The van der Waals surface area contributed by atoms with E-state index in [1.54, 1.807) is 30.1 Å². The van der Waals surface area contributed by atoms with Gasteiger partial charge in [0.2, 0.25) is 0 Å². The van der Waals surface area contributed by atoms with E-state index in [1.807, 2.05) is 6.92 Å². The number of benzene rings is 1. The van der Waals surface area contributed by atoms with E-state index in [0.717, 1.165) is 4.47 Å². The number of methoxy groups -OCH3 is 1. The standard InChI is InChI=1S/C13H15BrFN3O/c1-3-18-13(11(19-2)7-17-18)12(16)9-6-8(14)4-5-10(9)15/h4-7,12H,3,16H2,1-2H3. The largest absolute Gasteiger partial charge is 0.493 e. The highest BCUT2D eigenvalue weighted by Crippen LogP contribution is 2.30. The first-order valence-electron chi connectivity index (χ1n) is 5.88. The van der Waals surface area contributed by atoms with Gasteiger partial charge in [-0.1, -0.05) is 15.9 Å². The average Bonchev–Trinajstić information content (AvgIpc) is 2.83. The Hall–Kier alpha value is -1.40. The van der Waals surface area contributed by atoms with Crippen molar-refractivity contribution in [2.75, 3.05) is 7.11 Å². The molecule has 1 aromatic heterocycles. The van der Waals surface area contributed by atoms with Crippen molar-refractivity contribution in [2.45, 2.75) is 19.5 Å². The van der Waals surface area contributed by atoms with Gasteiger partial charge in [0, 0.05) is 16.6 Å². The molecule has 19 heavy (non-hydrogen) atoms. The quantitative estimate of drug-likeness (QED) is 0.939. The van der Waals surface area contributed by atoms with E-state index in [-0.39, 0.29) is 5.82 Å². The smallest absolute Gasteiger partial charge is 0.161 e. The van der Waals surface area contributed by atoms with Crippen LogP contribution in [-0.4, -0.2) is 16.9 Å². The fourth-order valence-corrected chi connectivity index (χ4v) is 2.38. The number of aromatic nitrogens is 2. The molecule has 6 heteroatoms. The van der Waals surface area contributed by atoms with Gasteiger partial charge >= 0.3 is 0 Å². The Balaban J connectivity index is 2.51. The van der Waals surface area contributed by atoms with Gasteiger partial charge in [0.15, 0.2) is 5.75 Å². The first-order chi connectivity index (χ1) is 9.08. The molecule has 0 aliphatic carbocycles. The highest BCUT2D eigenvalue weighted by molar-refractivity contribution is 9.10. The molecule has 0 spiro atoms. The number of nitrogens with two attached hydrogens (primary N) is 1. The zero-order chi connectivity index (χ0) is 14.0. The highest BCUT2D eigenvalue weighted by atomic mass is 79.9. The third-order valence-electron chi connectivity index (χ3n) is 2.95. The van der Waals surface area contributed by atoms with Gasteiger partial charge in [0.25, 0.3) is 0 Å². The minimum Gasteiger partial charge on any atom is -0.493 e. The third-order valence-corrected chi connectivity index (χ3v) is 3.45. The number of ether oxygens (including phenoxy) is 1. The van der Waals surface area contributed by atoms with Gasteiger partial charge in [-0.2, -0.15) is 5.10 Å². The summed E-state index contributed by atoms with van der Waals surface area (Å²) in [7, 11) is 1.55. The van der Waals surface area contributed by atoms with Gasteiger partial charge < -0.3 is 10.5 Å². The first-order valence-corrected chi connectivity index (χ1v) is 6.68. The van der Waals surface area contributed by atoms with Crippen LogP contribution in [-0.2, 0) is 6.54 Å². The van der Waals surface area contributed by atoms with E-state index in [9.17, 15) is 4.39 Å². The van der Waals surface area contributed by atoms with Gasteiger partial charge in [-0.05, 0) is 25.1 Å². The molecule has 2 aromatic rings. The molecule has 0 fully saturated rings. The van der Waals surface area contributed by atoms with Crippen LogP contribution in [0.5, 0.6) is 5.75 Å². The minimum atomic E-state index is -0.630. The zero-order valence-corrected chi connectivity index (χ0v) is 12.3.